The van der Waals surface area contributed by atoms with Gasteiger partial charge in [-0.2, -0.15) is 0 Å². The van der Waals surface area contributed by atoms with Gasteiger partial charge in [-0.1, -0.05) is 72.8 Å². The highest BCUT2D eigenvalue weighted by atomic mass is 127. The molecule has 1 aromatic heterocycles. The molecule has 56 heavy (non-hydrogen) atoms. The van der Waals surface area contributed by atoms with E-state index in [9.17, 15) is 24.0 Å². The summed E-state index contributed by atoms with van der Waals surface area (Å²) in [5.74, 6) is -3.19. The van der Waals surface area contributed by atoms with Gasteiger partial charge in [-0.15, -0.1) is 0 Å². The molecule has 292 valence electrons. The van der Waals surface area contributed by atoms with Gasteiger partial charge in [0.25, 0.3) is 0 Å². The number of aliphatic imine (C=N–C) groups is 1. The lowest BCUT2D eigenvalue weighted by atomic mass is 9.99. The number of rotatable bonds is 18. The summed E-state index contributed by atoms with van der Waals surface area (Å²) in [6.07, 6.45) is 2.48. The molecule has 0 bridgehead atoms. The first-order valence-corrected chi connectivity index (χ1v) is 19.2. The number of aromatic amines is 1. The second-order valence-corrected chi connectivity index (χ2v) is 14.8. The standard InChI is InChI=1S/C41H46IN9O5/c1-24(52)48-35(20-25-13-16-30(42)17-14-25)39(55)49-33(11-6-18-46-41(44)45)38(54)51-36(22-29-23-47-32-10-5-4-9-31(29)32)40(56)50-34(37(43)53)21-26-12-15-27-7-2-3-8-28(27)19-26/h2-5,7-10,12-17,19,23,33-36,47H,6,11,18,20-22H2,1H3,(H2,43,53)(H,48,52)(H,49,55)(H,50,56)(H,51,54)(H4,44,45,46)/t33-,34+,35+,36-/m0/s1. The third-order valence-corrected chi connectivity index (χ3v) is 9.99. The molecular weight excluding hydrogens is 825 g/mol. The molecule has 0 aliphatic carbocycles. The van der Waals surface area contributed by atoms with E-state index in [0.717, 1.165) is 41.9 Å². The Kier molecular flexibility index (Phi) is 14.4. The van der Waals surface area contributed by atoms with Crippen LogP contribution in [0.4, 0.5) is 0 Å². The lowest BCUT2D eigenvalue weighted by molar-refractivity contribution is -0.134. The van der Waals surface area contributed by atoms with Crippen molar-refractivity contribution in [1.82, 2.24) is 26.3 Å². The quantitative estimate of drug-likeness (QED) is 0.0283. The lowest BCUT2D eigenvalue weighted by Gasteiger charge is -2.26. The predicted molar refractivity (Wildman–Crippen MR) is 225 cm³/mol. The molecule has 0 spiro atoms. The Morgan fingerprint density at radius 2 is 1.27 bits per heavy atom. The first kappa shape index (κ1) is 41.2. The molecular formula is C41H46IN9O5. The summed E-state index contributed by atoms with van der Waals surface area (Å²) in [7, 11) is 0. The Bertz CT molecular complexity index is 2220. The maximum absolute atomic E-state index is 14.2. The predicted octanol–water partition coefficient (Wildman–Crippen LogP) is 2.45. The van der Waals surface area contributed by atoms with E-state index in [0.29, 0.717) is 6.42 Å². The van der Waals surface area contributed by atoms with Crippen molar-refractivity contribution in [3.63, 3.8) is 0 Å². The van der Waals surface area contributed by atoms with Crippen molar-refractivity contribution >= 4 is 79.8 Å². The maximum Gasteiger partial charge on any atom is 0.243 e. The van der Waals surface area contributed by atoms with Gasteiger partial charge < -0.3 is 43.5 Å². The average Bonchev–Trinajstić information content (AvgIpc) is 3.58. The number of H-pyrrole nitrogens is 1. The van der Waals surface area contributed by atoms with E-state index < -0.39 is 53.7 Å². The van der Waals surface area contributed by atoms with E-state index in [-0.39, 0.29) is 38.2 Å². The second kappa shape index (κ2) is 19.6. The minimum atomic E-state index is -1.20. The van der Waals surface area contributed by atoms with Crippen LogP contribution < -0.4 is 38.5 Å². The molecule has 5 rings (SSSR count). The van der Waals surface area contributed by atoms with Gasteiger partial charge in [0.15, 0.2) is 5.96 Å². The van der Waals surface area contributed by atoms with E-state index in [2.05, 4.69) is 53.8 Å². The topological polar surface area (TPSA) is 240 Å². The molecule has 14 nitrogen and oxygen atoms in total. The molecule has 5 amide bonds. The Labute approximate surface area is 338 Å². The first-order valence-electron chi connectivity index (χ1n) is 18.2. The van der Waals surface area contributed by atoms with Crippen molar-refractivity contribution in [2.24, 2.45) is 22.2 Å². The number of nitrogens with one attached hydrogen (secondary N) is 5. The Balaban J connectivity index is 1.40. The van der Waals surface area contributed by atoms with Crippen molar-refractivity contribution in [3.8, 4) is 0 Å². The molecule has 0 fully saturated rings. The van der Waals surface area contributed by atoms with Crippen molar-refractivity contribution in [2.75, 3.05) is 6.54 Å². The van der Waals surface area contributed by atoms with E-state index in [1.165, 1.54) is 6.92 Å². The average molecular weight is 872 g/mol. The summed E-state index contributed by atoms with van der Waals surface area (Å²) in [5, 5.41) is 13.9. The molecule has 0 aliphatic heterocycles. The molecule has 0 unspecified atom stereocenters. The van der Waals surface area contributed by atoms with Crippen LogP contribution in [0, 0.1) is 3.57 Å². The SMILES string of the molecule is CC(=O)N[C@H](Cc1ccc(I)cc1)C(=O)N[C@@H](CCCN=C(N)N)C(=O)N[C@@H](Cc1c[nH]c2ccccc12)C(=O)N[C@H](Cc1ccc2ccccc2c1)C(N)=O. The highest BCUT2D eigenvalue weighted by Crippen LogP contribution is 2.20. The van der Waals surface area contributed by atoms with Crippen LogP contribution in [0.2, 0.25) is 0 Å². The number of nitrogens with zero attached hydrogens (tertiary/aromatic N) is 1. The van der Waals surface area contributed by atoms with Crippen LogP contribution in [-0.2, 0) is 43.2 Å². The molecule has 0 radical (unpaired) electrons. The van der Waals surface area contributed by atoms with Crippen LogP contribution in [0.1, 0.15) is 36.5 Å². The zero-order valence-electron chi connectivity index (χ0n) is 30.9. The molecule has 5 aromatic rings. The first-order chi connectivity index (χ1) is 26.9. The van der Waals surface area contributed by atoms with Crippen LogP contribution in [0.3, 0.4) is 0 Å². The summed E-state index contributed by atoms with van der Waals surface area (Å²) in [4.78, 5) is 74.3. The Hall–Kier alpha value is -5.97. The Morgan fingerprint density at radius 1 is 0.679 bits per heavy atom. The minimum Gasteiger partial charge on any atom is -0.370 e. The molecule has 11 N–H and O–H groups in total. The Morgan fingerprint density at radius 3 is 1.96 bits per heavy atom. The van der Waals surface area contributed by atoms with Crippen molar-refractivity contribution in [1.29, 1.82) is 0 Å². The number of carbonyl (C=O) groups excluding carboxylic acids is 5. The monoisotopic (exact) mass is 871 g/mol. The van der Waals surface area contributed by atoms with Gasteiger partial charge in [0.1, 0.15) is 24.2 Å². The molecule has 0 aliphatic rings. The number of primary amides is 1. The van der Waals surface area contributed by atoms with Crippen molar-refractivity contribution in [3.05, 3.63) is 117 Å². The van der Waals surface area contributed by atoms with Gasteiger partial charge in [0, 0.05) is 53.4 Å². The van der Waals surface area contributed by atoms with E-state index in [1.54, 1.807) is 6.20 Å². The van der Waals surface area contributed by atoms with Gasteiger partial charge in [-0.05, 0) is 81.1 Å². The number of nitrogens with two attached hydrogens (primary N) is 3. The number of benzene rings is 4. The van der Waals surface area contributed by atoms with E-state index >= 15 is 0 Å². The summed E-state index contributed by atoms with van der Waals surface area (Å²) in [6, 6.07) is 24.1. The van der Waals surface area contributed by atoms with Crippen LogP contribution in [0.25, 0.3) is 21.7 Å². The molecule has 15 heteroatoms. The number of hydrogen-bond acceptors (Lipinski definition) is 6. The smallest absolute Gasteiger partial charge is 0.243 e. The maximum atomic E-state index is 14.2. The number of para-hydroxylation sites is 1. The highest BCUT2D eigenvalue weighted by Gasteiger charge is 2.31. The molecule has 0 saturated heterocycles. The van der Waals surface area contributed by atoms with E-state index in [4.69, 9.17) is 17.2 Å². The number of amides is 5. The zero-order chi connectivity index (χ0) is 40.2. The zero-order valence-corrected chi connectivity index (χ0v) is 33.0. The normalized spacial score (nSPS) is 13.2. The van der Waals surface area contributed by atoms with Gasteiger partial charge in [-0.3, -0.25) is 29.0 Å². The van der Waals surface area contributed by atoms with Crippen LogP contribution in [0.5, 0.6) is 0 Å². The summed E-state index contributed by atoms with van der Waals surface area (Å²) >= 11 is 2.18. The number of carbonyl (C=O) groups is 5. The summed E-state index contributed by atoms with van der Waals surface area (Å²) in [6.45, 7) is 1.48. The van der Waals surface area contributed by atoms with Crippen LogP contribution in [0.15, 0.2) is 102 Å². The fourth-order valence-corrected chi connectivity index (χ4v) is 6.81. The number of fused-ring (bicyclic) bond motifs is 2. The third kappa shape index (κ3) is 11.8. The number of aromatic nitrogens is 1. The number of hydrogen-bond donors (Lipinski definition) is 8. The fraction of sp³-hybridized carbons (Fsp3) is 0.268. The van der Waals surface area contributed by atoms with Gasteiger partial charge in [-0.25, -0.2) is 0 Å². The van der Waals surface area contributed by atoms with Crippen molar-refractivity contribution < 1.29 is 24.0 Å². The largest absolute Gasteiger partial charge is 0.370 e. The summed E-state index contributed by atoms with van der Waals surface area (Å²) in [5.41, 5.74) is 20.0. The van der Waals surface area contributed by atoms with Crippen molar-refractivity contribution in [2.45, 2.75) is 63.2 Å². The van der Waals surface area contributed by atoms with Crippen LogP contribution >= 0.6 is 22.6 Å². The second-order valence-electron chi connectivity index (χ2n) is 13.6. The highest BCUT2D eigenvalue weighted by molar-refractivity contribution is 14.1. The number of halogens is 1. The molecule has 1 heterocycles. The van der Waals surface area contributed by atoms with Gasteiger partial charge >= 0.3 is 0 Å². The minimum absolute atomic E-state index is 0.0407. The third-order valence-electron chi connectivity index (χ3n) is 9.27. The molecule has 4 atom stereocenters. The summed E-state index contributed by atoms with van der Waals surface area (Å²) < 4.78 is 1.01. The molecule has 4 aromatic carbocycles. The number of guanidine groups is 1. The van der Waals surface area contributed by atoms with Gasteiger partial charge in [0.2, 0.25) is 29.5 Å². The fourth-order valence-electron chi connectivity index (χ4n) is 6.45. The van der Waals surface area contributed by atoms with E-state index in [1.807, 2.05) is 91.0 Å². The molecule has 0 saturated carbocycles. The van der Waals surface area contributed by atoms with Gasteiger partial charge in [0.05, 0.1) is 0 Å². The van der Waals surface area contributed by atoms with Crippen LogP contribution in [-0.4, -0.2) is 71.2 Å². The lowest BCUT2D eigenvalue weighted by Crippen LogP contribution is -2.59.